The summed E-state index contributed by atoms with van der Waals surface area (Å²) in [5.41, 5.74) is 2.64. The van der Waals surface area contributed by atoms with Gasteiger partial charge in [-0.15, -0.1) is 0 Å². The second-order valence-corrected chi connectivity index (χ2v) is 8.22. The molecule has 0 radical (unpaired) electrons. The summed E-state index contributed by atoms with van der Waals surface area (Å²) >= 11 is 12.2. The van der Waals surface area contributed by atoms with Crippen molar-refractivity contribution in [2.75, 3.05) is 6.54 Å². The van der Waals surface area contributed by atoms with Crippen LogP contribution < -0.4 is 0 Å². The highest BCUT2D eigenvalue weighted by atomic mass is 35.5. The number of H-pyrrole nitrogens is 1. The van der Waals surface area contributed by atoms with Crippen molar-refractivity contribution >= 4 is 44.3 Å². The normalized spacial score (nSPS) is 15.6. The Kier molecular flexibility index (Phi) is 3.76. The standard InChI is InChI=1S/C15H12Cl2N4O2S/c16-12-2-1-3-13(17)14(12)24(22,23)21-5-4-10-9(8-21)6-18-15-11(10)7-19-20-15/h1-3,6-7H,4-5,8H2,(H,18,19,20). The lowest BCUT2D eigenvalue weighted by molar-refractivity contribution is 0.392. The number of fused-ring (bicyclic) bond motifs is 3. The van der Waals surface area contributed by atoms with E-state index in [4.69, 9.17) is 23.2 Å². The molecule has 1 aliphatic rings. The molecule has 1 aliphatic heterocycles. The molecule has 0 fully saturated rings. The summed E-state index contributed by atoms with van der Waals surface area (Å²) in [5, 5.41) is 7.99. The van der Waals surface area contributed by atoms with Gasteiger partial charge in [-0.05, 0) is 29.7 Å². The lowest BCUT2D eigenvalue weighted by Crippen LogP contribution is -2.36. The third-order valence-corrected chi connectivity index (χ3v) is 6.96. The zero-order chi connectivity index (χ0) is 16.9. The van der Waals surface area contributed by atoms with E-state index in [1.165, 1.54) is 16.4 Å². The average Bonchev–Trinajstić information content (AvgIpc) is 3.03. The van der Waals surface area contributed by atoms with Gasteiger partial charge in [0.25, 0.3) is 0 Å². The van der Waals surface area contributed by atoms with E-state index in [2.05, 4.69) is 15.2 Å². The fourth-order valence-electron chi connectivity index (χ4n) is 2.99. The summed E-state index contributed by atoms with van der Waals surface area (Å²) in [5.74, 6) is 0. The zero-order valence-electron chi connectivity index (χ0n) is 12.3. The predicted molar refractivity (Wildman–Crippen MR) is 91.7 cm³/mol. The topological polar surface area (TPSA) is 79.0 Å². The molecule has 0 unspecified atom stereocenters. The van der Waals surface area contributed by atoms with Crippen LogP contribution in [0.25, 0.3) is 11.0 Å². The number of nitrogens with zero attached hydrogens (tertiary/aromatic N) is 3. The Hall–Kier alpha value is -1.67. The van der Waals surface area contributed by atoms with Crippen molar-refractivity contribution < 1.29 is 8.42 Å². The van der Waals surface area contributed by atoms with E-state index in [1.54, 1.807) is 18.5 Å². The van der Waals surface area contributed by atoms with E-state index in [-0.39, 0.29) is 21.5 Å². The van der Waals surface area contributed by atoms with E-state index in [0.717, 1.165) is 16.5 Å². The molecule has 124 valence electrons. The summed E-state index contributed by atoms with van der Waals surface area (Å²) in [6, 6.07) is 4.66. The molecule has 0 amide bonds. The molecule has 4 rings (SSSR count). The predicted octanol–water partition coefficient (Wildman–Crippen LogP) is 3.01. The van der Waals surface area contributed by atoms with Crippen LogP contribution in [0.1, 0.15) is 11.1 Å². The van der Waals surface area contributed by atoms with Crippen LogP contribution in [0.3, 0.4) is 0 Å². The minimum atomic E-state index is -3.79. The van der Waals surface area contributed by atoms with Crippen LogP contribution in [0.4, 0.5) is 0 Å². The Morgan fingerprint density at radius 2 is 1.92 bits per heavy atom. The number of aromatic nitrogens is 3. The van der Waals surface area contributed by atoms with Gasteiger partial charge in [-0.25, -0.2) is 13.4 Å². The minimum Gasteiger partial charge on any atom is -0.261 e. The summed E-state index contributed by atoms with van der Waals surface area (Å²) < 4.78 is 27.3. The number of rotatable bonds is 2. The van der Waals surface area contributed by atoms with Crippen LogP contribution in [-0.2, 0) is 23.0 Å². The number of aromatic amines is 1. The molecule has 9 heteroatoms. The molecule has 0 saturated heterocycles. The van der Waals surface area contributed by atoms with Gasteiger partial charge < -0.3 is 0 Å². The molecule has 0 bridgehead atoms. The molecule has 3 heterocycles. The molecule has 0 saturated carbocycles. The van der Waals surface area contributed by atoms with Crippen LogP contribution >= 0.6 is 23.2 Å². The highest BCUT2D eigenvalue weighted by molar-refractivity contribution is 7.89. The molecule has 0 spiro atoms. The lowest BCUT2D eigenvalue weighted by atomic mass is 10.0. The van der Waals surface area contributed by atoms with Crippen molar-refractivity contribution in [3.05, 3.63) is 51.8 Å². The van der Waals surface area contributed by atoms with Gasteiger partial charge in [0, 0.05) is 24.7 Å². The first-order chi connectivity index (χ1) is 11.5. The van der Waals surface area contributed by atoms with Gasteiger partial charge in [0.2, 0.25) is 10.0 Å². The van der Waals surface area contributed by atoms with E-state index >= 15 is 0 Å². The van der Waals surface area contributed by atoms with Crippen LogP contribution in [0.2, 0.25) is 10.0 Å². The first-order valence-corrected chi connectivity index (χ1v) is 9.42. The maximum Gasteiger partial charge on any atom is 0.246 e. The third-order valence-electron chi connectivity index (χ3n) is 4.16. The van der Waals surface area contributed by atoms with Crippen molar-refractivity contribution in [3.8, 4) is 0 Å². The molecule has 6 nitrogen and oxygen atoms in total. The largest absolute Gasteiger partial charge is 0.261 e. The van der Waals surface area contributed by atoms with Crippen molar-refractivity contribution in [1.82, 2.24) is 19.5 Å². The molecule has 0 atom stereocenters. The Balaban J connectivity index is 1.76. The first-order valence-electron chi connectivity index (χ1n) is 7.22. The summed E-state index contributed by atoms with van der Waals surface area (Å²) in [6.45, 7) is 0.578. The highest BCUT2D eigenvalue weighted by Crippen LogP contribution is 2.34. The van der Waals surface area contributed by atoms with Crippen LogP contribution in [0.15, 0.2) is 35.5 Å². The van der Waals surface area contributed by atoms with Crippen LogP contribution in [0, 0.1) is 0 Å². The Morgan fingerprint density at radius 3 is 2.67 bits per heavy atom. The number of halogens is 2. The summed E-state index contributed by atoms with van der Waals surface area (Å²) in [6.07, 6.45) is 3.98. The third kappa shape index (κ3) is 2.39. The van der Waals surface area contributed by atoms with Crippen molar-refractivity contribution in [3.63, 3.8) is 0 Å². The van der Waals surface area contributed by atoms with Crippen LogP contribution in [0.5, 0.6) is 0 Å². The Bertz CT molecular complexity index is 1030. The van der Waals surface area contributed by atoms with E-state index in [1.807, 2.05) is 0 Å². The number of pyridine rings is 1. The maximum absolute atomic E-state index is 13.0. The first kappa shape index (κ1) is 15.8. The average molecular weight is 383 g/mol. The number of nitrogens with one attached hydrogen (secondary N) is 1. The van der Waals surface area contributed by atoms with Crippen molar-refractivity contribution in [2.45, 2.75) is 17.9 Å². The van der Waals surface area contributed by atoms with Gasteiger partial charge in [-0.3, -0.25) is 5.10 Å². The smallest absolute Gasteiger partial charge is 0.246 e. The maximum atomic E-state index is 13.0. The van der Waals surface area contributed by atoms with Gasteiger partial charge in [-0.1, -0.05) is 29.3 Å². The molecule has 1 N–H and O–H groups in total. The molecular weight excluding hydrogens is 371 g/mol. The van der Waals surface area contributed by atoms with Crippen LogP contribution in [-0.4, -0.2) is 34.4 Å². The molecule has 24 heavy (non-hydrogen) atoms. The number of hydrogen-bond donors (Lipinski definition) is 1. The fourth-order valence-corrected chi connectivity index (χ4v) is 5.50. The van der Waals surface area contributed by atoms with E-state index in [0.29, 0.717) is 18.6 Å². The molecule has 3 aromatic rings. The van der Waals surface area contributed by atoms with Gasteiger partial charge in [0.1, 0.15) is 4.90 Å². The molecule has 0 aliphatic carbocycles. The SMILES string of the molecule is O=S(=O)(c1c(Cl)cccc1Cl)N1CCc2c(cnc3[nH]ncc23)C1. The Labute approximate surface area is 148 Å². The van der Waals surface area contributed by atoms with Gasteiger partial charge in [0.05, 0.1) is 16.2 Å². The Morgan fingerprint density at radius 1 is 1.17 bits per heavy atom. The van der Waals surface area contributed by atoms with Gasteiger partial charge in [-0.2, -0.15) is 9.40 Å². The number of hydrogen-bond acceptors (Lipinski definition) is 4. The summed E-state index contributed by atoms with van der Waals surface area (Å²) in [7, 11) is -3.79. The van der Waals surface area contributed by atoms with E-state index in [9.17, 15) is 8.42 Å². The second kappa shape index (κ2) is 5.70. The summed E-state index contributed by atoms with van der Waals surface area (Å²) in [4.78, 5) is 4.24. The number of benzene rings is 1. The quantitative estimate of drug-likeness (QED) is 0.738. The zero-order valence-corrected chi connectivity index (χ0v) is 14.7. The lowest BCUT2D eigenvalue weighted by Gasteiger charge is -2.28. The second-order valence-electron chi connectivity index (χ2n) is 5.53. The molecular formula is C15H12Cl2N4O2S. The fraction of sp³-hybridized carbons (Fsp3) is 0.200. The van der Waals surface area contributed by atoms with Gasteiger partial charge in [0.15, 0.2) is 5.65 Å². The monoisotopic (exact) mass is 382 g/mol. The molecule has 2 aromatic heterocycles. The highest BCUT2D eigenvalue weighted by Gasteiger charge is 2.32. The van der Waals surface area contributed by atoms with E-state index < -0.39 is 10.0 Å². The molecule has 1 aromatic carbocycles. The minimum absolute atomic E-state index is 0.0471. The van der Waals surface area contributed by atoms with Gasteiger partial charge >= 0.3 is 0 Å². The number of sulfonamides is 1. The van der Waals surface area contributed by atoms with Crippen molar-refractivity contribution in [2.24, 2.45) is 0 Å². The van der Waals surface area contributed by atoms with Crippen molar-refractivity contribution in [1.29, 1.82) is 0 Å².